The van der Waals surface area contributed by atoms with E-state index in [2.05, 4.69) is 22.0 Å². The standard InChI is InChI=1S/C21H23N3O4/c1-14-22-23-20(27-14)21(2)10-5-11-24(13-21)12-15-8-9-18(28-15)16-6-3-4-7-17(16)19(25)26/h3-4,6-9H,5,10-13H2,1-2H3,(H,25,26)/t21-/m0/s1. The highest BCUT2D eigenvalue weighted by Gasteiger charge is 2.37. The molecule has 7 nitrogen and oxygen atoms in total. The fourth-order valence-electron chi connectivity index (χ4n) is 3.91. The summed E-state index contributed by atoms with van der Waals surface area (Å²) in [5, 5.41) is 17.6. The minimum absolute atomic E-state index is 0.176. The van der Waals surface area contributed by atoms with Crippen molar-refractivity contribution in [2.45, 2.75) is 38.6 Å². The van der Waals surface area contributed by atoms with Crippen LogP contribution >= 0.6 is 0 Å². The van der Waals surface area contributed by atoms with Gasteiger partial charge in [-0.2, -0.15) is 0 Å². The van der Waals surface area contributed by atoms with Gasteiger partial charge in [0.25, 0.3) is 0 Å². The zero-order chi connectivity index (χ0) is 19.7. The van der Waals surface area contributed by atoms with E-state index in [0.29, 0.717) is 29.6 Å². The van der Waals surface area contributed by atoms with Crippen molar-refractivity contribution in [1.29, 1.82) is 0 Å². The third-order valence-corrected chi connectivity index (χ3v) is 5.28. The van der Waals surface area contributed by atoms with E-state index in [1.165, 1.54) is 0 Å². The Labute approximate surface area is 163 Å². The van der Waals surface area contributed by atoms with Crippen LogP contribution in [-0.2, 0) is 12.0 Å². The number of hydrogen-bond acceptors (Lipinski definition) is 6. The van der Waals surface area contributed by atoms with Gasteiger partial charge in [-0.05, 0) is 44.5 Å². The molecule has 0 unspecified atom stereocenters. The van der Waals surface area contributed by atoms with Crippen molar-refractivity contribution in [2.75, 3.05) is 13.1 Å². The number of carboxylic acid groups (broad SMARTS) is 1. The molecule has 146 valence electrons. The highest BCUT2D eigenvalue weighted by Crippen LogP contribution is 2.34. The Morgan fingerprint density at radius 2 is 2.04 bits per heavy atom. The van der Waals surface area contributed by atoms with Gasteiger partial charge in [-0.1, -0.05) is 18.2 Å². The van der Waals surface area contributed by atoms with E-state index in [9.17, 15) is 9.90 Å². The molecule has 0 amide bonds. The van der Waals surface area contributed by atoms with Crippen LogP contribution in [0.5, 0.6) is 0 Å². The van der Waals surface area contributed by atoms with E-state index in [0.717, 1.165) is 31.7 Å². The molecular formula is C21H23N3O4. The second kappa shape index (κ2) is 7.24. The van der Waals surface area contributed by atoms with Crippen LogP contribution in [-0.4, -0.2) is 39.3 Å². The molecule has 0 aliphatic carbocycles. The second-order valence-corrected chi connectivity index (χ2v) is 7.62. The molecule has 2 aromatic heterocycles. The molecule has 1 aliphatic heterocycles. The maximum atomic E-state index is 11.5. The molecule has 0 radical (unpaired) electrons. The Morgan fingerprint density at radius 3 is 2.79 bits per heavy atom. The molecule has 1 aromatic carbocycles. The van der Waals surface area contributed by atoms with E-state index in [1.807, 2.05) is 18.2 Å². The summed E-state index contributed by atoms with van der Waals surface area (Å²) >= 11 is 0. The van der Waals surface area contributed by atoms with Gasteiger partial charge in [-0.25, -0.2) is 4.79 Å². The monoisotopic (exact) mass is 381 g/mol. The maximum Gasteiger partial charge on any atom is 0.336 e. The minimum atomic E-state index is -0.963. The molecule has 1 aliphatic rings. The smallest absolute Gasteiger partial charge is 0.336 e. The fourth-order valence-corrected chi connectivity index (χ4v) is 3.91. The number of carboxylic acids is 1. The summed E-state index contributed by atoms with van der Waals surface area (Å²) in [4.78, 5) is 13.8. The highest BCUT2D eigenvalue weighted by atomic mass is 16.4. The maximum absolute atomic E-state index is 11.5. The third-order valence-electron chi connectivity index (χ3n) is 5.28. The van der Waals surface area contributed by atoms with E-state index < -0.39 is 5.97 Å². The first kappa shape index (κ1) is 18.4. The Bertz CT molecular complexity index is 993. The van der Waals surface area contributed by atoms with Crippen molar-refractivity contribution in [1.82, 2.24) is 15.1 Å². The summed E-state index contributed by atoms with van der Waals surface area (Å²) in [5.41, 5.74) is 0.650. The van der Waals surface area contributed by atoms with E-state index in [4.69, 9.17) is 8.83 Å². The zero-order valence-electron chi connectivity index (χ0n) is 16.0. The SMILES string of the molecule is Cc1nnc([C@@]2(C)CCCN(Cc3ccc(-c4ccccc4C(=O)O)o3)C2)o1. The number of nitrogens with zero attached hydrogens (tertiary/aromatic N) is 3. The molecule has 4 rings (SSSR count). The summed E-state index contributed by atoms with van der Waals surface area (Å²) in [6.45, 7) is 6.38. The second-order valence-electron chi connectivity index (χ2n) is 7.62. The van der Waals surface area contributed by atoms with Gasteiger partial charge < -0.3 is 13.9 Å². The molecule has 1 N–H and O–H groups in total. The molecule has 7 heteroatoms. The molecule has 3 heterocycles. The summed E-state index contributed by atoms with van der Waals surface area (Å²) in [6, 6.07) is 10.6. The van der Waals surface area contributed by atoms with Gasteiger partial charge >= 0.3 is 5.97 Å². The van der Waals surface area contributed by atoms with Crippen molar-refractivity contribution < 1.29 is 18.7 Å². The van der Waals surface area contributed by atoms with Crippen LogP contribution in [0.4, 0.5) is 0 Å². The lowest BCUT2D eigenvalue weighted by Gasteiger charge is -2.37. The van der Waals surface area contributed by atoms with Crippen molar-refractivity contribution >= 4 is 5.97 Å². The summed E-state index contributed by atoms with van der Waals surface area (Å²) in [6.07, 6.45) is 2.04. The summed E-state index contributed by atoms with van der Waals surface area (Å²) in [5.74, 6) is 1.68. The fraction of sp³-hybridized carbons (Fsp3) is 0.381. The van der Waals surface area contributed by atoms with Crippen molar-refractivity contribution in [2.24, 2.45) is 0 Å². The number of piperidine rings is 1. The van der Waals surface area contributed by atoms with E-state index in [-0.39, 0.29) is 11.0 Å². The summed E-state index contributed by atoms with van der Waals surface area (Å²) < 4.78 is 11.7. The first-order valence-corrected chi connectivity index (χ1v) is 9.39. The molecule has 28 heavy (non-hydrogen) atoms. The molecule has 0 saturated carbocycles. The number of hydrogen-bond donors (Lipinski definition) is 1. The predicted molar refractivity (Wildman–Crippen MR) is 102 cm³/mol. The van der Waals surface area contributed by atoms with Crippen LogP contribution in [0.25, 0.3) is 11.3 Å². The molecular weight excluding hydrogens is 358 g/mol. The Kier molecular flexibility index (Phi) is 4.77. The molecule has 3 aromatic rings. The molecule has 1 saturated heterocycles. The van der Waals surface area contributed by atoms with E-state index in [1.54, 1.807) is 25.1 Å². The van der Waals surface area contributed by atoms with Crippen molar-refractivity contribution in [3.05, 3.63) is 59.5 Å². The Morgan fingerprint density at radius 1 is 1.21 bits per heavy atom. The predicted octanol–water partition coefficient (Wildman–Crippen LogP) is 3.89. The van der Waals surface area contributed by atoms with Crippen molar-refractivity contribution in [3.8, 4) is 11.3 Å². The lowest BCUT2D eigenvalue weighted by atomic mass is 9.81. The van der Waals surface area contributed by atoms with Gasteiger partial charge in [0, 0.05) is 19.0 Å². The van der Waals surface area contributed by atoms with E-state index >= 15 is 0 Å². The minimum Gasteiger partial charge on any atom is -0.478 e. The summed E-state index contributed by atoms with van der Waals surface area (Å²) in [7, 11) is 0. The Hall–Kier alpha value is -2.93. The number of aromatic nitrogens is 2. The van der Waals surface area contributed by atoms with Crippen LogP contribution in [0.1, 0.15) is 47.7 Å². The van der Waals surface area contributed by atoms with Crippen molar-refractivity contribution in [3.63, 3.8) is 0 Å². The topological polar surface area (TPSA) is 92.6 Å². The van der Waals surface area contributed by atoms with Gasteiger partial charge in [0.15, 0.2) is 0 Å². The highest BCUT2D eigenvalue weighted by molar-refractivity contribution is 5.95. The largest absolute Gasteiger partial charge is 0.478 e. The van der Waals surface area contributed by atoms with Crippen LogP contribution in [0.2, 0.25) is 0 Å². The Balaban J connectivity index is 1.51. The third kappa shape index (κ3) is 3.57. The number of rotatable bonds is 5. The number of benzene rings is 1. The van der Waals surface area contributed by atoms with Gasteiger partial charge in [0.1, 0.15) is 11.5 Å². The molecule has 0 spiro atoms. The number of furan rings is 1. The number of aryl methyl sites for hydroxylation is 1. The van der Waals surface area contributed by atoms with Gasteiger partial charge in [-0.3, -0.25) is 4.90 Å². The first-order valence-electron chi connectivity index (χ1n) is 9.39. The lowest BCUT2D eigenvalue weighted by molar-refractivity contribution is 0.0697. The number of carbonyl (C=O) groups is 1. The van der Waals surface area contributed by atoms with Crippen LogP contribution in [0, 0.1) is 6.92 Å². The van der Waals surface area contributed by atoms with Crippen LogP contribution in [0.3, 0.4) is 0 Å². The normalized spacial score (nSPS) is 20.4. The lowest BCUT2D eigenvalue weighted by Crippen LogP contribution is -2.44. The van der Waals surface area contributed by atoms with Gasteiger partial charge in [0.2, 0.25) is 11.8 Å². The average Bonchev–Trinajstić information content (AvgIpc) is 3.31. The quantitative estimate of drug-likeness (QED) is 0.717. The molecule has 1 atom stereocenters. The first-order chi connectivity index (χ1) is 13.4. The van der Waals surface area contributed by atoms with Crippen LogP contribution < -0.4 is 0 Å². The number of aromatic carboxylic acids is 1. The van der Waals surface area contributed by atoms with Crippen LogP contribution in [0.15, 0.2) is 45.2 Å². The molecule has 1 fully saturated rings. The zero-order valence-corrected chi connectivity index (χ0v) is 16.0. The average molecular weight is 381 g/mol. The number of likely N-dealkylation sites (tertiary alicyclic amines) is 1. The molecule has 0 bridgehead atoms. The van der Waals surface area contributed by atoms with Gasteiger partial charge in [0.05, 0.1) is 17.5 Å². The van der Waals surface area contributed by atoms with Gasteiger partial charge in [-0.15, -0.1) is 10.2 Å².